The minimum Gasteiger partial charge on any atom is -0.385 e. The number of piperidine rings is 1. The molecule has 1 aliphatic rings. The zero-order valence-electron chi connectivity index (χ0n) is 11.5. The van der Waals surface area contributed by atoms with Crippen molar-refractivity contribution < 1.29 is 9.53 Å². The van der Waals surface area contributed by atoms with E-state index in [-0.39, 0.29) is 12.1 Å². The van der Waals surface area contributed by atoms with Gasteiger partial charge in [0.2, 0.25) is 0 Å². The molecule has 0 aliphatic carbocycles. The topological polar surface area (TPSA) is 41.6 Å². The van der Waals surface area contributed by atoms with Crippen molar-refractivity contribution in [2.45, 2.75) is 52.1 Å². The smallest absolute Gasteiger partial charge is 0.317 e. The van der Waals surface area contributed by atoms with Crippen molar-refractivity contribution in [3.05, 3.63) is 0 Å². The van der Waals surface area contributed by atoms with Crippen LogP contribution >= 0.6 is 0 Å². The lowest BCUT2D eigenvalue weighted by Crippen LogP contribution is -2.51. The van der Waals surface area contributed by atoms with Crippen molar-refractivity contribution in [1.29, 1.82) is 0 Å². The zero-order valence-corrected chi connectivity index (χ0v) is 11.5. The van der Waals surface area contributed by atoms with Crippen LogP contribution in [0.25, 0.3) is 0 Å². The Morgan fingerprint density at radius 2 is 2.24 bits per heavy atom. The standard InChI is InChI=1S/C13H26N2O2/c1-10-5-7-15(12(3)9-10)13(16)14-11(2)6-8-17-4/h10-12H,5-9H2,1-4H3,(H,14,16)/t10-,11+,12-/m0/s1. The maximum absolute atomic E-state index is 12.1. The summed E-state index contributed by atoms with van der Waals surface area (Å²) in [5, 5.41) is 3.04. The Labute approximate surface area is 105 Å². The van der Waals surface area contributed by atoms with Crippen LogP contribution in [0.5, 0.6) is 0 Å². The monoisotopic (exact) mass is 242 g/mol. The number of hydrogen-bond acceptors (Lipinski definition) is 2. The molecule has 1 N–H and O–H groups in total. The molecule has 0 radical (unpaired) electrons. The molecule has 0 saturated carbocycles. The minimum atomic E-state index is 0.0769. The predicted octanol–water partition coefficient (Wildman–Crippen LogP) is 2.24. The van der Waals surface area contributed by atoms with E-state index in [2.05, 4.69) is 19.2 Å². The molecule has 0 aromatic heterocycles. The summed E-state index contributed by atoms with van der Waals surface area (Å²) in [7, 11) is 1.68. The summed E-state index contributed by atoms with van der Waals surface area (Å²) in [6.07, 6.45) is 3.09. The molecule has 4 nitrogen and oxygen atoms in total. The SMILES string of the molecule is COCC[C@@H](C)NC(=O)N1CC[C@H](C)C[C@@H]1C. The van der Waals surface area contributed by atoms with Crippen LogP contribution in [-0.4, -0.2) is 43.3 Å². The Morgan fingerprint density at radius 1 is 1.53 bits per heavy atom. The number of nitrogens with zero attached hydrogens (tertiary/aromatic N) is 1. The molecule has 17 heavy (non-hydrogen) atoms. The summed E-state index contributed by atoms with van der Waals surface area (Å²) in [5.41, 5.74) is 0. The van der Waals surface area contributed by atoms with Gasteiger partial charge in [-0.05, 0) is 39.0 Å². The summed E-state index contributed by atoms with van der Waals surface area (Å²) in [6.45, 7) is 7.98. The highest BCUT2D eigenvalue weighted by molar-refractivity contribution is 5.74. The first-order chi connectivity index (χ1) is 8.04. The fraction of sp³-hybridized carbons (Fsp3) is 0.923. The summed E-state index contributed by atoms with van der Waals surface area (Å²) in [5.74, 6) is 0.736. The molecule has 1 heterocycles. The van der Waals surface area contributed by atoms with Gasteiger partial charge >= 0.3 is 6.03 Å². The van der Waals surface area contributed by atoms with E-state index in [1.165, 1.54) is 0 Å². The van der Waals surface area contributed by atoms with E-state index in [0.717, 1.165) is 31.7 Å². The van der Waals surface area contributed by atoms with Crippen molar-refractivity contribution in [2.75, 3.05) is 20.3 Å². The number of ether oxygens (including phenoxy) is 1. The number of carbonyl (C=O) groups is 1. The van der Waals surface area contributed by atoms with E-state index in [9.17, 15) is 4.79 Å². The maximum atomic E-state index is 12.1. The predicted molar refractivity (Wildman–Crippen MR) is 69.1 cm³/mol. The number of hydrogen-bond donors (Lipinski definition) is 1. The zero-order chi connectivity index (χ0) is 12.8. The first-order valence-corrected chi connectivity index (χ1v) is 6.60. The van der Waals surface area contributed by atoms with Gasteiger partial charge in [0.05, 0.1) is 0 Å². The maximum Gasteiger partial charge on any atom is 0.317 e. The van der Waals surface area contributed by atoms with Crippen LogP contribution in [0.2, 0.25) is 0 Å². The second-order valence-electron chi connectivity index (χ2n) is 5.30. The lowest BCUT2D eigenvalue weighted by Gasteiger charge is -2.37. The Kier molecular flexibility index (Phi) is 5.75. The first-order valence-electron chi connectivity index (χ1n) is 6.60. The van der Waals surface area contributed by atoms with Gasteiger partial charge < -0.3 is 15.0 Å². The third kappa shape index (κ3) is 4.54. The van der Waals surface area contributed by atoms with Crippen LogP contribution in [0.15, 0.2) is 0 Å². The van der Waals surface area contributed by atoms with Crippen molar-refractivity contribution in [3.63, 3.8) is 0 Å². The molecule has 4 heteroatoms. The molecular weight excluding hydrogens is 216 g/mol. The first kappa shape index (κ1) is 14.3. The Balaban J connectivity index is 2.36. The molecule has 0 unspecified atom stereocenters. The average Bonchev–Trinajstić information content (AvgIpc) is 2.26. The molecule has 1 fully saturated rings. The highest BCUT2D eigenvalue weighted by atomic mass is 16.5. The molecule has 100 valence electrons. The van der Waals surface area contributed by atoms with Gasteiger partial charge in [-0.3, -0.25) is 0 Å². The average molecular weight is 242 g/mol. The second-order valence-corrected chi connectivity index (χ2v) is 5.30. The van der Waals surface area contributed by atoms with Gasteiger partial charge in [0.1, 0.15) is 0 Å². The van der Waals surface area contributed by atoms with Crippen LogP contribution in [-0.2, 0) is 4.74 Å². The van der Waals surface area contributed by atoms with Crippen molar-refractivity contribution in [3.8, 4) is 0 Å². The number of carbonyl (C=O) groups excluding carboxylic acids is 1. The third-order valence-electron chi connectivity index (χ3n) is 3.52. The van der Waals surface area contributed by atoms with E-state index in [0.29, 0.717) is 12.6 Å². The van der Waals surface area contributed by atoms with Crippen molar-refractivity contribution >= 4 is 6.03 Å². The summed E-state index contributed by atoms with van der Waals surface area (Å²) in [6, 6.07) is 0.607. The van der Waals surface area contributed by atoms with Crippen LogP contribution in [0.3, 0.4) is 0 Å². The number of nitrogens with one attached hydrogen (secondary N) is 1. The Morgan fingerprint density at radius 3 is 2.82 bits per heavy atom. The summed E-state index contributed by atoms with van der Waals surface area (Å²) in [4.78, 5) is 14.0. The van der Waals surface area contributed by atoms with Gasteiger partial charge in [0, 0.05) is 32.3 Å². The lowest BCUT2D eigenvalue weighted by atomic mass is 9.94. The van der Waals surface area contributed by atoms with Gasteiger partial charge in [0.15, 0.2) is 0 Å². The van der Waals surface area contributed by atoms with Crippen LogP contribution in [0.4, 0.5) is 4.79 Å². The van der Waals surface area contributed by atoms with E-state index in [1.807, 2.05) is 11.8 Å². The van der Waals surface area contributed by atoms with Crippen LogP contribution < -0.4 is 5.32 Å². The van der Waals surface area contributed by atoms with Gasteiger partial charge in [0.25, 0.3) is 0 Å². The highest BCUT2D eigenvalue weighted by Gasteiger charge is 2.27. The molecule has 0 aromatic rings. The van der Waals surface area contributed by atoms with E-state index in [4.69, 9.17) is 4.74 Å². The highest BCUT2D eigenvalue weighted by Crippen LogP contribution is 2.21. The normalized spacial score (nSPS) is 26.7. The lowest BCUT2D eigenvalue weighted by molar-refractivity contribution is 0.134. The van der Waals surface area contributed by atoms with Gasteiger partial charge in [-0.1, -0.05) is 6.92 Å². The van der Waals surface area contributed by atoms with Crippen LogP contribution in [0.1, 0.15) is 40.0 Å². The largest absolute Gasteiger partial charge is 0.385 e. The van der Waals surface area contributed by atoms with Crippen molar-refractivity contribution in [1.82, 2.24) is 10.2 Å². The molecule has 0 aromatic carbocycles. The number of amides is 2. The van der Waals surface area contributed by atoms with E-state index >= 15 is 0 Å². The molecule has 1 saturated heterocycles. The second kappa shape index (κ2) is 6.84. The van der Waals surface area contributed by atoms with Crippen molar-refractivity contribution in [2.24, 2.45) is 5.92 Å². The minimum absolute atomic E-state index is 0.0769. The molecule has 1 aliphatic heterocycles. The molecule has 0 bridgehead atoms. The molecule has 1 rings (SSSR count). The number of rotatable bonds is 4. The Bertz CT molecular complexity index is 246. The van der Waals surface area contributed by atoms with Gasteiger partial charge in [-0.15, -0.1) is 0 Å². The Hall–Kier alpha value is -0.770. The van der Waals surface area contributed by atoms with Gasteiger partial charge in [-0.25, -0.2) is 4.79 Å². The molecule has 3 atom stereocenters. The fourth-order valence-corrected chi connectivity index (χ4v) is 2.37. The quantitative estimate of drug-likeness (QED) is 0.821. The van der Waals surface area contributed by atoms with Crippen LogP contribution in [0, 0.1) is 5.92 Å². The number of methoxy groups -OCH3 is 1. The molecule has 2 amide bonds. The van der Waals surface area contributed by atoms with E-state index < -0.39 is 0 Å². The summed E-state index contributed by atoms with van der Waals surface area (Å²) < 4.78 is 5.01. The molecular formula is C13H26N2O2. The summed E-state index contributed by atoms with van der Waals surface area (Å²) >= 11 is 0. The fourth-order valence-electron chi connectivity index (χ4n) is 2.37. The number of likely N-dealkylation sites (tertiary alicyclic amines) is 1. The number of urea groups is 1. The third-order valence-corrected chi connectivity index (χ3v) is 3.52. The van der Waals surface area contributed by atoms with E-state index in [1.54, 1.807) is 7.11 Å². The van der Waals surface area contributed by atoms with Gasteiger partial charge in [-0.2, -0.15) is 0 Å². The molecule has 0 spiro atoms.